The first-order valence-electron chi connectivity index (χ1n) is 10.1. The van der Waals surface area contributed by atoms with Crippen molar-refractivity contribution in [2.24, 2.45) is 0 Å². The Morgan fingerprint density at radius 1 is 1.12 bits per heavy atom. The normalized spacial score (nSPS) is 12.6. The number of carbonyl (C=O) groups is 2. The summed E-state index contributed by atoms with van der Waals surface area (Å²) in [4.78, 5) is 33.1. The quantitative estimate of drug-likeness (QED) is 0.295. The predicted molar refractivity (Wildman–Crippen MR) is 113 cm³/mol. The Kier molecular flexibility index (Phi) is 8.40. The van der Waals surface area contributed by atoms with Crippen LogP contribution in [0.25, 0.3) is 0 Å². The highest BCUT2D eigenvalue weighted by Gasteiger charge is 2.30. The first-order chi connectivity index (χ1) is 15.5. The number of hydrogen-bond acceptors (Lipinski definition) is 9. The molecule has 0 saturated carbocycles. The van der Waals surface area contributed by atoms with Crippen molar-refractivity contribution >= 4 is 18.9 Å². The summed E-state index contributed by atoms with van der Waals surface area (Å²) in [5.41, 5.74) is 1.13. The van der Waals surface area contributed by atoms with Gasteiger partial charge in [0.15, 0.2) is 0 Å². The molecule has 0 aliphatic rings. The lowest BCUT2D eigenvalue weighted by Crippen LogP contribution is -2.54. The van der Waals surface area contributed by atoms with Crippen molar-refractivity contribution in [1.82, 2.24) is 30.8 Å². The molecule has 11 nitrogen and oxygen atoms in total. The van der Waals surface area contributed by atoms with Crippen LogP contribution >= 0.6 is 0 Å². The van der Waals surface area contributed by atoms with Gasteiger partial charge in [-0.15, -0.1) is 10.2 Å². The zero-order valence-electron chi connectivity index (χ0n) is 17.2. The maximum absolute atomic E-state index is 12.9. The van der Waals surface area contributed by atoms with Crippen molar-refractivity contribution in [2.75, 3.05) is 0 Å². The van der Waals surface area contributed by atoms with Crippen LogP contribution in [-0.2, 0) is 17.6 Å². The van der Waals surface area contributed by atoms with E-state index in [0.29, 0.717) is 12.8 Å². The van der Waals surface area contributed by atoms with Gasteiger partial charge in [0.2, 0.25) is 18.2 Å². The number of nitrogens with one attached hydrogen (secondary N) is 2. The van der Waals surface area contributed by atoms with E-state index in [9.17, 15) is 19.6 Å². The highest BCUT2D eigenvalue weighted by molar-refractivity contribution is 6.43. The summed E-state index contributed by atoms with van der Waals surface area (Å²) in [6.07, 6.45) is 6.72. The molecule has 12 heteroatoms. The van der Waals surface area contributed by atoms with Crippen LogP contribution in [0, 0.1) is 0 Å². The number of hydrogen-bond donors (Lipinski definition) is 4. The third-order valence-electron chi connectivity index (χ3n) is 4.71. The van der Waals surface area contributed by atoms with E-state index in [1.54, 1.807) is 0 Å². The van der Waals surface area contributed by atoms with Crippen molar-refractivity contribution in [3.05, 3.63) is 72.5 Å². The van der Waals surface area contributed by atoms with Gasteiger partial charge >= 0.3 is 7.12 Å². The molecule has 0 spiro atoms. The van der Waals surface area contributed by atoms with Crippen molar-refractivity contribution < 1.29 is 24.1 Å². The van der Waals surface area contributed by atoms with Gasteiger partial charge in [-0.2, -0.15) is 0 Å². The summed E-state index contributed by atoms with van der Waals surface area (Å²) in [5, 5.41) is 32.0. The number of rotatable bonds is 11. The molecule has 1 aromatic carbocycles. The van der Waals surface area contributed by atoms with Gasteiger partial charge in [0.1, 0.15) is 11.7 Å². The molecule has 0 saturated heterocycles. The third-order valence-corrected chi connectivity index (χ3v) is 4.71. The average molecular weight is 438 g/mol. The van der Waals surface area contributed by atoms with Crippen LogP contribution < -0.4 is 10.6 Å². The largest absolute Gasteiger partial charge is 0.475 e. The molecule has 0 bridgehead atoms. The van der Waals surface area contributed by atoms with Crippen LogP contribution in [0.3, 0.4) is 0 Å². The van der Waals surface area contributed by atoms with Crippen molar-refractivity contribution in [3.63, 3.8) is 0 Å². The Balaban J connectivity index is 1.64. The Morgan fingerprint density at radius 2 is 1.94 bits per heavy atom. The van der Waals surface area contributed by atoms with E-state index in [1.165, 1.54) is 18.6 Å². The monoisotopic (exact) mass is 438 g/mol. The minimum atomic E-state index is -1.77. The van der Waals surface area contributed by atoms with Gasteiger partial charge in [-0.1, -0.05) is 30.3 Å². The zero-order valence-corrected chi connectivity index (χ0v) is 17.2. The smallest absolute Gasteiger partial charge is 0.428 e. The van der Waals surface area contributed by atoms with Gasteiger partial charge in [-0.3, -0.25) is 14.6 Å². The first kappa shape index (κ1) is 23.0. The molecule has 1 unspecified atom stereocenters. The number of aromatic nitrogens is 4. The van der Waals surface area contributed by atoms with Crippen LogP contribution in [0.4, 0.5) is 0 Å². The second kappa shape index (κ2) is 11.7. The molecule has 2 atom stereocenters. The molecule has 0 aliphatic heterocycles. The van der Waals surface area contributed by atoms with Gasteiger partial charge in [-0.25, -0.2) is 4.98 Å². The summed E-state index contributed by atoms with van der Waals surface area (Å²) >= 11 is 0. The molecule has 0 aliphatic carbocycles. The summed E-state index contributed by atoms with van der Waals surface area (Å²) < 4.78 is 5.09. The molecule has 0 fully saturated rings. The lowest BCUT2D eigenvalue weighted by atomic mass is 9.76. The van der Waals surface area contributed by atoms with E-state index in [4.69, 9.17) is 4.42 Å². The van der Waals surface area contributed by atoms with Crippen LogP contribution in [0.2, 0.25) is 0 Å². The number of amides is 2. The van der Waals surface area contributed by atoms with E-state index in [-0.39, 0.29) is 18.0 Å². The average Bonchev–Trinajstić information content (AvgIpc) is 3.32. The molecule has 2 aromatic heterocycles. The molecule has 32 heavy (non-hydrogen) atoms. The van der Waals surface area contributed by atoms with E-state index < -0.39 is 30.9 Å². The lowest BCUT2D eigenvalue weighted by Gasteiger charge is -2.22. The minimum Gasteiger partial charge on any atom is -0.428 e. The van der Waals surface area contributed by atoms with E-state index in [1.807, 2.05) is 30.3 Å². The summed E-state index contributed by atoms with van der Waals surface area (Å²) in [5.74, 6) is -2.04. The van der Waals surface area contributed by atoms with Gasteiger partial charge in [0.05, 0.1) is 18.6 Å². The Hall–Kier alpha value is -3.64. The number of carbonyl (C=O) groups excluding carboxylic acids is 2. The maximum atomic E-state index is 12.9. The van der Waals surface area contributed by atoms with Crippen LogP contribution in [0.5, 0.6) is 0 Å². The minimum absolute atomic E-state index is 0.0254. The SMILES string of the molecule is O=C(NC(Cc1nnco1)C(=O)N[C@@H](CCCc1ccccc1)B(O)O)c1cnccn1. The third kappa shape index (κ3) is 6.96. The van der Waals surface area contributed by atoms with E-state index in [2.05, 4.69) is 30.8 Å². The summed E-state index contributed by atoms with van der Waals surface area (Å²) in [6, 6.07) is 8.62. The molecule has 3 rings (SSSR count). The highest BCUT2D eigenvalue weighted by Crippen LogP contribution is 2.09. The summed E-state index contributed by atoms with van der Waals surface area (Å²) in [7, 11) is -1.77. The van der Waals surface area contributed by atoms with Gasteiger partial charge in [-0.05, 0) is 24.8 Å². The second-order valence-electron chi connectivity index (χ2n) is 7.06. The Bertz CT molecular complexity index is 975. The fourth-order valence-electron chi connectivity index (χ4n) is 3.07. The topological polar surface area (TPSA) is 163 Å². The van der Waals surface area contributed by atoms with Crippen molar-refractivity contribution in [1.29, 1.82) is 0 Å². The molecule has 2 amide bonds. The Morgan fingerprint density at radius 3 is 2.59 bits per heavy atom. The number of benzene rings is 1. The maximum Gasteiger partial charge on any atom is 0.475 e. The first-order valence-corrected chi connectivity index (χ1v) is 10.1. The molecular weight excluding hydrogens is 415 g/mol. The number of aryl methyl sites for hydroxylation is 1. The zero-order chi connectivity index (χ0) is 22.8. The predicted octanol–water partition coefficient (Wildman–Crippen LogP) is -0.280. The molecule has 3 aromatic rings. The van der Waals surface area contributed by atoms with Gasteiger partial charge < -0.3 is 25.1 Å². The molecule has 0 radical (unpaired) electrons. The lowest BCUT2D eigenvalue weighted by molar-refractivity contribution is -0.123. The second-order valence-corrected chi connectivity index (χ2v) is 7.06. The van der Waals surface area contributed by atoms with Gasteiger partial charge in [0, 0.05) is 12.4 Å². The highest BCUT2D eigenvalue weighted by atomic mass is 16.4. The van der Waals surface area contributed by atoms with Crippen LogP contribution in [0.15, 0.2) is 59.7 Å². The van der Waals surface area contributed by atoms with Crippen LogP contribution in [0.1, 0.15) is 34.8 Å². The Labute approximate surface area is 184 Å². The molecule has 166 valence electrons. The van der Waals surface area contributed by atoms with Crippen LogP contribution in [-0.4, -0.2) is 61.1 Å². The fraction of sp³-hybridized carbons (Fsp3) is 0.300. The summed E-state index contributed by atoms with van der Waals surface area (Å²) in [6.45, 7) is 0. The number of nitrogens with zero attached hydrogens (tertiary/aromatic N) is 4. The van der Waals surface area contributed by atoms with Crippen molar-refractivity contribution in [3.8, 4) is 0 Å². The fourth-order valence-corrected chi connectivity index (χ4v) is 3.07. The molecule has 4 N–H and O–H groups in total. The molecular formula is C20H23BN6O5. The van der Waals surface area contributed by atoms with E-state index in [0.717, 1.165) is 18.4 Å². The van der Waals surface area contributed by atoms with Gasteiger partial charge in [0.25, 0.3) is 5.91 Å². The van der Waals surface area contributed by atoms with E-state index >= 15 is 0 Å². The van der Waals surface area contributed by atoms with Crippen molar-refractivity contribution in [2.45, 2.75) is 37.7 Å². The molecule has 2 heterocycles. The standard InChI is InChI=1S/C20H23BN6O5/c28-19(26-17(21(30)31)8-4-7-14-5-2-1-3-6-14)15(11-18-27-24-13-32-18)25-20(29)16-12-22-9-10-23-16/h1-3,5-6,9-10,12-13,15,17,30-31H,4,7-8,11H2,(H,25,29)(H,26,28)/t15?,17-/m0/s1.